The fourth-order valence-electron chi connectivity index (χ4n) is 1.72. The molecule has 0 fully saturated rings. The highest BCUT2D eigenvalue weighted by Gasteiger charge is 2.13. The maximum atomic E-state index is 12.2. The first-order valence-corrected chi connectivity index (χ1v) is 7.46. The summed E-state index contributed by atoms with van der Waals surface area (Å²) in [6.45, 7) is 0.524. The van der Waals surface area contributed by atoms with E-state index in [1.165, 1.54) is 24.3 Å². The second kappa shape index (κ2) is 6.19. The van der Waals surface area contributed by atoms with Gasteiger partial charge < -0.3 is 10.0 Å². The van der Waals surface area contributed by atoms with Crippen LogP contribution in [0.1, 0.15) is 25.6 Å². The lowest BCUT2D eigenvalue weighted by molar-refractivity contribution is 0.0695. The van der Waals surface area contributed by atoms with E-state index in [4.69, 9.17) is 5.11 Å². The normalized spacial score (nSPS) is 10.3. The number of thiophene rings is 1. The molecule has 4 nitrogen and oxygen atoms in total. The van der Waals surface area contributed by atoms with Gasteiger partial charge in [-0.15, -0.1) is 11.3 Å². The summed E-state index contributed by atoms with van der Waals surface area (Å²) < 4.78 is 1.00. The number of hydrogen-bond acceptors (Lipinski definition) is 3. The molecule has 0 spiro atoms. The summed E-state index contributed by atoms with van der Waals surface area (Å²) in [4.78, 5) is 25.7. The first-order chi connectivity index (χ1) is 9.47. The van der Waals surface area contributed by atoms with Crippen LogP contribution < -0.4 is 0 Å². The SMILES string of the molecule is CN(Cc1cc(Br)cs1)C(=O)c1ccc(C(=O)O)cc1. The maximum absolute atomic E-state index is 12.2. The van der Waals surface area contributed by atoms with Gasteiger partial charge in [0, 0.05) is 27.3 Å². The third kappa shape index (κ3) is 3.46. The van der Waals surface area contributed by atoms with Crippen LogP contribution in [0.2, 0.25) is 0 Å². The van der Waals surface area contributed by atoms with Gasteiger partial charge in [-0.05, 0) is 46.3 Å². The first-order valence-electron chi connectivity index (χ1n) is 5.79. The zero-order chi connectivity index (χ0) is 14.7. The van der Waals surface area contributed by atoms with E-state index in [0.717, 1.165) is 9.35 Å². The second-order valence-corrected chi connectivity index (χ2v) is 6.19. The van der Waals surface area contributed by atoms with Crippen molar-refractivity contribution in [2.75, 3.05) is 7.05 Å². The van der Waals surface area contributed by atoms with Crippen LogP contribution in [0.4, 0.5) is 0 Å². The minimum absolute atomic E-state index is 0.133. The lowest BCUT2D eigenvalue weighted by atomic mass is 10.1. The quantitative estimate of drug-likeness (QED) is 0.915. The van der Waals surface area contributed by atoms with Gasteiger partial charge in [0.05, 0.1) is 12.1 Å². The van der Waals surface area contributed by atoms with Crippen molar-refractivity contribution in [3.05, 3.63) is 56.2 Å². The molecule has 0 radical (unpaired) electrons. The highest BCUT2D eigenvalue weighted by Crippen LogP contribution is 2.21. The van der Waals surface area contributed by atoms with Crippen molar-refractivity contribution in [2.24, 2.45) is 0 Å². The number of halogens is 1. The van der Waals surface area contributed by atoms with E-state index in [1.807, 2.05) is 11.4 Å². The Hall–Kier alpha value is -1.66. The number of benzene rings is 1. The monoisotopic (exact) mass is 353 g/mol. The fraction of sp³-hybridized carbons (Fsp3) is 0.143. The zero-order valence-corrected chi connectivity index (χ0v) is 13.1. The summed E-state index contributed by atoms with van der Waals surface area (Å²) in [5.74, 6) is -1.13. The Labute approximate surface area is 128 Å². The van der Waals surface area contributed by atoms with Gasteiger partial charge in [0.25, 0.3) is 5.91 Å². The van der Waals surface area contributed by atoms with Crippen LogP contribution >= 0.6 is 27.3 Å². The van der Waals surface area contributed by atoms with E-state index in [9.17, 15) is 9.59 Å². The molecule has 0 bridgehead atoms. The van der Waals surface area contributed by atoms with Gasteiger partial charge in [0.1, 0.15) is 0 Å². The Bertz CT molecular complexity index is 636. The summed E-state index contributed by atoms with van der Waals surface area (Å²) in [6, 6.07) is 7.91. The van der Waals surface area contributed by atoms with E-state index < -0.39 is 5.97 Å². The van der Waals surface area contributed by atoms with Crippen molar-refractivity contribution in [1.82, 2.24) is 4.90 Å². The summed E-state index contributed by atoms with van der Waals surface area (Å²) >= 11 is 4.96. The van der Waals surface area contributed by atoms with Crippen molar-refractivity contribution in [3.63, 3.8) is 0 Å². The van der Waals surface area contributed by atoms with E-state index in [-0.39, 0.29) is 11.5 Å². The average Bonchev–Trinajstić information content (AvgIpc) is 2.83. The second-order valence-electron chi connectivity index (χ2n) is 4.27. The number of carbonyl (C=O) groups is 2. The molecule has 0 aliphatic carbocycles. The first kappa shape index (κ1) is 14.7. The van der Waals surface area contributed by atoms with Gasteiger partial charge in [-0.2, -0.15) is 0 Å². The smallest absolute Gasteiger partial charge is 0.335 e. The van der Waals surface area contributed by atoms with Crippen molar-refractivity contribution < 1.29 is 14.7 Å². The minimum atomic E-state index is -0.999. The molecule has 1 amide bonds. The number of carboxylic acids is 1. The highest BCUT2D eigenvalue weighted by atomic mass is 79.9. The Morgan fingerprint density at radius 2 is 1.85 bits per heavy atom. The topological polar surface area (TPSA) is 57.6 Å². The number of aromatic carboxylic acids is 1. The standard InChI is InChI=1S/C14H12BrNO3S/c1-16(7-12-6-11(15)8-20-12)13(17)9-2-4-10(5-3-9)14(18)19/h2-6,8H,7H2,1H3,(H,18,19). The summed E-state index contributed by atoms with van der Waals surface area (Å²) in [7, 11) is 1.72. The number of nitrogens with zero attached hydrogens (tertiary/aromatic N) is 1. The molecule has 104 valence electrons. The number of hydrogen-bond donors (Lipinski definition) is 1. The van der Waals surface area contributed by atoms with E-state index >= 15 is 0 Å². The van der Waals surface area contributed by atoms with Gasteiger partial charge in [-0.25, -0.2) is 4.79 Å². The molecule has 2 rings (SSSR count). The van der Waals surface area contributed by atoms with Gasteiger partial charge in [-0.3, -0.25) is 4.79 Å². The predicted molar refractivity (Wildman–Crippen MR) is 81.2 cm³/mol. The molecule has 2 aromatic rings. The third-order valence-corrected chi connectivity index (χ3v) is 4.42. The minimum Gasteiger partial charge on any atom is -0.478 e. The zero-order valence-electron chi connectivity index (χ0n) is 10.7. The number of carboxylic acid groups (broad SMARTS) is 1. The molecule has 0 aliphatic heterocycles. The molecule has 1 aromatic carbocycles. The Balaban J connectivity index is 2.08. The molecule has 0 saturated heterocycles. The van der Waals surface area contributed by atoms with Crippen LogP contribution in [-0.2, 0) is 6.54 Å². The lowest BCUT2D eigenvalue weighted by Crippen LogP contribution is -2.25. The fourth-order valence-corrected chi connectivity index (χ4v) is 3.22. The van der Waals surface area contributed by atoms with Crippen molar-refractivity contribution in [3.8, 4) is 0 Å². The molecule has 1 N–H and O–H groups in total. The predicted octanol–water partition coefficient (Wildman–Crippen LogP) is 3.48. The van der Waals surface area contributed by atoms with Crippen LogP contribution in [0.15, 0.2) is 40.2 Å². The Morgan fingerprint density at radius 3 is 2.35 bits per heavy atom. The van der Waals surface area contributed by atoms with Gasteiger partial charge in [-0.1, -0.05) is 0 Å². The summed E-state index contributed by atoms with van der Waals surface area (Å²) in [5, 5.41) is 10.8. The molecule has 1 aromatic heterocycles. The highest BCUT2D eigenvalue weighted by molar-refractivity contribution is 9.10. The average molecular weight is 354 g/mol. The van der Waals surface area contributed by atoms with Gasteiger partial charge in [0.2, 0.25) is 0 Å². The van der Waals surface area contributed by atoms with Gasteiger partial charge >= 0.3 is 5.97 Å². The maximum Gasteiger partial charge on any atom is 0.335 e. The number of amides is 1. The van der Waals surface area contributed by atoms with Crippen LogP contribution in [0.3, 0.4) is 0 Å². The summed E-state index contributed by atoms with van der Waals surface area (Å²) in [5.41, 5.74) is 0.652. The molecule has 6 heteroatoms. The van der Waals surface area contributed by atoms with E-state index in [1.54, 1.807) is 23.3 Å². The molecular weight excluding hydrogens is 342 g/mol. The molecule has 0 aliphatic rings. The molecule has 0 unspecified atom stereocenters. The van der Waals surface area contributed by atoms with E-state index in [0.29, 0.717) is 12.1 Å². The molecule has 0 atom stereocenters. The molecular formula is C14H12BrNO3S. The number of carbonyl (C=O) groups excluding carboxylic acids is 1. The van der Waals surface area contributed by atoms with Crippen LogP contribution in [0.5, 0.6) is 0 Å². The third-order valence-electron chi connectivity index (χ3n) is 2.74. The summed E-state index contributed by atoms with van der Waals surface area (Å²) in [6.07, 6.45) is 0. The van der Waals surface area contributed by atoms with Crippen molar-refractivity contribution >= 4 is 39.1 Å². The van der Waals surface area contributed by atoms with E-state index in [2.05, 4.69) is 15.9 Å². The molecule has 0 saturated carbocycles. The Kier molecular flexibility index (Phi) is 4.57. The van der Waals surface area contributed by atoms with Crippen molar-refractivity contribution in [1.29, 1.82) is 0 Å². The number of rotatable bonds is 4. The Morgan fingerprint density at radius 1 is 1.25 bits per heavy atom. The van der Waals surface area contributed by atoms with Crippen LogP contribution in [-0.4, -0.2) is 28.9 Å². The van der Waals surface area contributed by atoms with Crippen LogP contribution in [0, 0.1) is 0 Å². The van der Waals surface area contributed by atoms with Gasteiger partial charge in [0.15, 0.2) is 0 Å². The lowest BCUT2D eigenvalue weighted by Gasteiger charge is -2.16. The molecule has 1 heterocycles. The van der Waals surface area contributed by atoms with Crippen molar-refractivity contribution in [2.45, 2.75) is 6.54 Å². The largest absolute Gasteiger partial charge is 0.478 e. The molecule has 20 heavy (non-hydrogen) atoms. The van der Waals surface area contributed by atoms with Crippen LogP contribution in [0.25, 0.3) is 0 Å².